The Morgan fingerprint density at radius 1 is 0.686 bits per heavy atom. The van der Waals surface area contributed by atoms with Gasteiger partial charge in [0.15, 0.2) is 0 Å². The maximum Gasteiger partial charge on any atom is 0.318 e. The molecule has 0 spiro atoms. The van der Waals surface area contributed by atoms with Gasteiger partial charge in [-0.3, -0.25) is 24.4 Å². The lowest BCUT2D eigenvalue weighted by Gasteiger charge is -2.13. The van der Waals surface area contributed by atoms with Crippen LogP contribution in [0.5, 0.6) is 0 Å². The Hall–Kier alpha value is -4.45. The first-order chi connectivity index (χ1) is 16.7. The molecule has 0 saturated heterocycles. The van der Waals surface area contributed by atoms with Gasteiger partial charge in [0.1, 0.15) is 0 Å². The fourth-order valence-corrected chi connectivity index (χ4v) is 4.21. The molecule has 4 amide bonds. The van der Waals surface area contributed by atoms with E-state index < -0.39 is 33.7 Å². The van der Waals surface area contributed by atoms with Gasteiger partial charge < -0.3 is 0 Å². The van der Waals surface area contributed by atoms with E-state index >= 15 is 0 Å². The number of nitrogens with zero attached hydrogens (tertiary/aromatic N) is 2. The monoisotopic (exact) mass is 492 g/mol. The highest BCUT2D eigenvalue weighted by molar-refractivity contribution is 7.86. The van der Waals surface area contributed by atoms with Gasteiger partial charge >= 0.3 is 10.1 Å². The lowest BCUT2D eigenvalue weighted by molar-refractivity contribution is -0.0327. The van der Waals surface area contributed by atoms with Crippen LogP contribution in [0.4, 0.5) is 0 Å². The summed E-state index contributed by atoms with van der Waals surface area (Å²) in [5.74, 6) is -2.93. The number of amides is 4. The quantitative estimate of drug-likeness (QED) is 0.433. The van der Waals surface area contributed by atoms with Crippen molar-refractivity contribution in [1.29, 1.82) is 0 Å². The molecule has 0 aliphatic carbocycles. The van der Waals surface area contributed by atoms with Crippen molar-refractivity contribution in [1.82, 2.24) is 10.1 Å². The largest absolute Gasteiger partial charge is 0.318 e. The lowest BCUT2D eigenvalue weighted by Crippen LogP contribution is -2.32. The van der Waals surface area contributed by atoms with Crippen LogP contribution in [0.1, 0.15) is 47.0 Å². The molecular weight excluding hydrogens is 476 g/mol. The van der Waals surface area contributed by atoms with E-state index in [0.717, 1.165) is 5.56 Å². The third-order valence-corrected chi connectivity index (χ3v) is 6.30. The maximum atomic E-state index is 12.2. The molecule has 2 heterocycles. The average molecular weight is 492 g/mol. The zero-order chi connectivity index (χ0) is 25.3. The summed E-state index contributed by atoms with van der Waals surface area (Å²) in [6.07, 6.45) is 1.56. The zero-order valence-corrected chi connectivity index (χ0v) is 18.6. The summed E-state index contributed by atoms with van der Waals surface area (Å²) in [6, 6.07) is 18.0. The van der Waals surface area contributed by atoms with Gasteiger partial charge in [-0.25, -0.2) is 0 Å². The number of carbonyl (C=O) groups excluding carboxylic acids is 4. The number of hydrogen-bond acceptors (Lipinski definition) is 8. The second-order valence-electron chi connectivity index (χ2n) is 7.22. The third-order valence-electron chi connectivity index (χ3n) is 5.11. The molecule has 0 atom stereocenters. The van der Waals surface area contributed by atoms with Crippen molar-refractivity contribution in [2.75, 3.05) is 0 Å². The first kappa shape index (κ1) is 23.7. The number of rotatable bonds is 4. The minimum Gasteiger partial charge on any atom is -0.278 e. The Kier molecular flexibility index (Phi) is 6.14. The summed E-state index contributed by atoms with van der Waals surface area (Å²) in [6.45, 7) is 3.57. The predicted octanol–water partition coefficient (Wildman–Crippen LogP) is 2.92. The van der Waals surface area contributed by atoms with Gasteiger partial charge in [0, 0.05) is 0 Å². The molecule has 0 radical (unpaired) electrons. The van der Waals surface area contributed by atoms with Gasteiger partial charge in [0.2, 0.25) is 0 Å². The molecule has 0 fully saturated rings. The number of carbonyl (C=O) groups is 4. The lowest BCUT2D eigenvalue weighted by atomic mass is 10.1. The molecule has 35 heavy (non-hydrogen) atoms. The highest BCUT2D eigenvalue weighted by Gasteiger charge is 2.40. The third kappa shape index (κ3) is 4.26. The smallest absolute Gasteiger partial charge is 0.278 e. The van der Waals surface area contributed by atoms with Gasteiger partial charge in [-0.2, -0.15) is 8.42 Å². The van der Waals surface area contributed by atoms with Crippen molar-refractivity contribution in [3.8, 4) is 0 Å². The van der Waals surface area contributed by atoms with Gasteiger partial charge in [-0.15, -0.1) is 14.4 Å². The molecule has 0 unspecified atom stereocenters. The second-order valence-corrected chi connectivity index (χ2v) is 8.75. The van der Waals surface area contributed by atoms with Crippen LogP contribution in [0.3, 0.4) is 0 Å². The summed E-state index contributed by atoms with van der Waals surface area (Å²) in [5, 5.41) is 9.32. The van der Waals surface area contributed by atoms with Crippen LogP contribution in [-0.2, 0) is 14.4 Å². The zero-order valence-electron chi connectivity index (χ0n) is 17.8. The van der Waals surface area contributed by atoms with Crippen LogP contribution in [-0.4, -0.2) is 47.4 Å². The predicted molar refractivity (Wildman–Crippen MR) is 120 cm³/mol. The second kappa shape index (κ2) is 9.06. The van der Waals surface area contributed by atoms with Crippen LogP contribution in [0, 0.1) is 0 Å². The van der Waals surface area contributed by atoms with Crippen molar-refractivity contribution < 1.29 is 37.1 Å². The Balaban J connectivity index is 0.000000201. The number of hydroxylamine groups is 4. The summed E-state index contributed by atoms with van der Waals surface area (Å²) in [7, 11) is -4.30. The Morgan fingerprint density at radius 2 is 1.09 bits per heavy atom. The number of benzene rings is 3. The fraction of sp³-hybridized carbons (Fsp3) is 0. The minimum absolute atomic E-state index is 0.106. The first-order valence-corrected chi connectivity index (χ1v) is 11.4. The standard InChI is InChI=1S/C16H11NO5S.C8H5NO3/c1-2-11-7-9-12(10-8-11)23(20,21)22-17-15(18)13-5-3-4-6-14(13)16(17)19;10-7-5-3-1-2-4-6(5)8(11)9(7)12/h2-10H,1H2;1-4,12H. The SMILES string of the molecule is C=Cc1ccc(S(=O)(=O)ON2C(=O)c3ccccc3C2=O)cc1.O=C1c2ccccc2C(=O)N1O. The van der Waals surface area contributed by atoms with E-state index in [4.69, 9.17) is 9.49 Å². The molecule has 10 nitrogen and oxygen atoms in total. The Labute approximate surface area is 199 Å². The molecule has 5 rings (SSSR count). The molecular formula is C24H16N2O8S. The van der Waals surface area contributed by atoms with Crippen LogP contribution in [0.2, 0.25) is 0 Å². The van der Waals surface area contributed by atoms with Gasteiger partial charge in [0.05, 0.1) is 27.1 Å². The van der Waals surface area contributed by atoms with Crippen molar-refractivity contribution in [2.45, 2.75) is 4.90 Å². The summed E-state index contributed by atoms with van der Waals surface area (Å²) in [5.41, 5.74) is 1.45. The molecule has 0 saturated carbocycles. The fourth-order valence-electron chi connectivity index (χ4n) is 3.32. The number of fused-ring (bicyclic) bond motifs is 2. The molecule has 3 aromatic carbocycles. The summed E-state index contributed by atoms with van der Waals surface area (Å²) in [4.78, 5) is 46.2. The van der Waals surface area contributed by atoms with E-state index in [1.165, 1.54) is 48.5 Å². The van der Waals surface area contributed by atoms with E-state index in [1.54, 1.807) is 30.3 Å². The normalized spacial score (nSPS) is 14.4. The topological polar surface area (TPSA) is 138 Å². The summed E-state index contributed by atoms with van der Waals surface area (Å²) < 4.78 is 29.2. The first-order valence-electron chi connectivity index (χ1n) is 9.97. The van der Waals surface area contributed by atoms with E-state index in [-0.39, 0.29) is 37.3 Å². The summed E-state index contributed by atoms with van der Waals surface area (Å²) >= 11 is 0. The number of imide groups is 2. The van der Waals surface area contributed by atoms with E-state index in [0.29, 0.717) is 0 Å². The van der Waals surface area contributed by atoms with Crippen LogP contribution in [0.25, 0.3) is 6.08 Å². The molecule has 0 aromatic heterocycles. The number of hydrogen-bond donors (Lipinski definition) is 1. The minimum atomic E-state index is -4.30. The molecule has 2 aliphatic heterocycles. The van der Waals surface area contributed by atoms with Crippen molar-refractivity contribution in [3.63, 3.8) is 0 Å². The van der Waals surface area contributed by atoms with Crippen molar-refractivity contribution in [3.05, 3.63) is 107 Å². The molecule has 3 aromatic rings. The molecule has 0 bridgehead atoms. The highest BCUT2D eigenvalue weighted by atomic mass is 32.2. The Bertz CT molecular complexity index is 1430. The van der Waals surface area contributed by atoms with Crippen molar-refractivity contribution in [2.24, 2.45) is 0 Å². The van der Waals surface area contributed by atoms with Crippen LogP contribution >= 0.6 is 0 Å². The molecule has 1 N–H and O–H groups in total. The van der Waals surface area contributed by atoms with Gasteiger partial charge in [-0.1, -0.05) is 49.1 Å². The van der Waals surface area contributed by atoms with E-state index in [1.807, 2.05) is 0 Å². The molecule has 176 valence electrons. The van der Waals surface area contributed by atoms with Crippen molar-refractivity contribution >= 4 is 39.8 Å². The van der Waals surface area contributed by atoms with Crippen LogP contribution in [0.15, 0.2) is 84.3 Å². The van der Waals surface area contributed by atoms with Crippen LogP contribution < -0.4 is 0 Å². The maximum absolute atomic E-state index is 12.2. The van der Waals surface area contributed by atoms with Gasteiger partial charge in [-0.05, 0) is 42.0 Å². The highest BCUT2D eigenvalue weighted by Crippen LogP contribution is 2.25. The Morgan fingerprint density at radius 3 is 1.49 bits per heavy atom. The average Bonchev–Trinajstić information content (AvgIpc) is 3.25. The molecule has 2 aliphatic rings. The van der Waals surface area contributed by atoms with E-state index in [9.17, 15) is 27.6 Å². The van der Waals surface area contributed by atoms with Gasteiger partial charge in [0.25, 0.3) is 23.6 Å². The molecule has 11 heteroatoms. The van der Waals surface area contributed by atoms with E-state index in [2.05, 4.69) is 6.58 Å².